The van der Waals surface area contributed by atoms with E-state index in [1.165, 1.54) is 12.1 Å². The number of benzene rings is 1. The molecule has 0 spiro atoms. The van der Waals surface area contributed by atoms with Crippen LogP contribution in [0.4, 0.5) is 4.39 Å². The summed E-state index contributed by atoms with van der Waals surface area (Å²) >= 11 is 5.68. The van der Waals surface area contributed by atoms with Gasteiger partial charge in [-0.15, -0.1) is 0 Å². The molecule has 0 bridgehead atoms. The molecule has 0 radical (unpaired) electrons. The van der Waals surface area contributed by atoms with Crippen LogP contribution in [0.1, 0.15) is 10.4 Å². The van der Waals surface area contributed by atoms with Crippen LogP contribution in [0.25, 0.3) is 0 Å². The van der Waals surface area contributed by atoms with E-state index >= 15 is 0 Å². The SMILES string of the molecule is O=C(NCC1(O)CNC1)c1cc(Cl)ccc1F. The largest absolute Gasteiger partial charge is 0.385 e. The van der Waals surface area contributed by atoms with E-state index in [0.29, 0.717) is 18.1 Å². The summed E-state index contributed by atoms with van der Waals surface area (Å²) in [6, 6.07) is 3.77. The summed E-state index contributed by atoms with van der Waals surface area (Å²) in [5.74, 6) is -1.21. The summed E-state index contributed by atoms with van der Waals surface area (Å²) in [5, 5.41) is 15.4. The van der Waals surface area contributed by atoms with Gasteiger partial charge in [-0.1, -0.05) is 11.6 Å². The van der Waals surface area contributed by atoms with Crippen LogP contribution in [-0.2, 0) is 0 Å². The Kier molecular flexibility index (Phi) is 3.33. The van der Waals surface area contributed by atoms with Crippen molar-refractivity contribution < 1.29 is 14.3 Å². The predicted octanol–water partition coefficient (Wildman–Crippen LogP) is 0.543. The highest BCUT2D eigenvalue weighted by Crippen LogP contribution is 2.15. The maximum Gasteiger partial charge on any atom is 0.254 e. The highest BCUT2D eigenvalue weighted by Gasteiger charge is 2.34. The number of aliphatic hydroxyl groups is 1. The highest BCUT2D eigenvalue weighted by molar-refractivity contribution is 6.30. The number of rotatable bonds is 3. The molecule has 1 amide bonds. The number of hydrogen-bond acceptors (Lipinski definition) is 3. The fourth-order valence-electron chi connectivity index (χ4n) is 1.55. The number of nitrogens with one attached hydrogen (secondary N) is 2. The second kappa shape index (κ2) is 4.60. The van der Waals surface area contributed by atoms with Gasteiger partial charge in [-0.25, -0.2) is 4.39 Å². The van der Waals surface area contributed by atoms with E-state index in [4.69, 9.17) is 11.6 Å². The molecule has 1 aromatic carbocycles. The molecule has 3 N–H and O–H groups in total. The van der Waals surface area contributed by atoms with Gasteiger partial charge in [-0.2, -0.15) is 0 Å². The van der Waals surface area contributed by atoms with Gasteiger partial charge < -0.3 is 15.7 Å². The first-order valence-corrected chi connectivity index (χ1v) is 5.54. The molecule has 6 heteroatoms. The standard InChI is InChI=1S/C11H12ClFN2O2/c12-7-1-2-9(13)8(3-7)10(16)15-6-11(17)4-14-5-11/h1-3,14,17H,4-6H2,(H,15,16). The molecule has 1 aromatic rings. The second-order valence-electron chi connectivity index (χ2n) is 4.13. The molecule has 1 aliphatic heterocycles. The van der Waals surface area contributed by atoms with Gasteiger partial charge in [0.2, 0.25) is 0 Å². The van der Waals surface area contributed by atoms with Crippen molar-refractivity contribution in [3.63, 3.8) is 0 Å². The molecule has 0 unspecified atom stereocenters. The maximum atomic E-state index is 13.3. The first-order chi connectivity index (χ1) is 8.00. The van der Waals surface area contributed by atoms with Crippen molar-refractivity contribution in [3.05, 3.63) is 34.6 Å². The average molecular weight is 259 g/mol. The quantitative estimate of drug-likeness (QED) is 0.742. The molecule has 0 aromatic heterocycles. The first-order valence-electron chi connectivity index (χ1n) is 5.17. The van der Waals surface area contributed by atoms with Crippen molar-refractivity contribution in [2.75, 3.05) is 19.6 Å². The van der Waals surface area contributed by atoms with E-state index < -0.39 is 17.3 Å². The third-order valence-corrected chi connectivity index (χ3v) is 2.89. The van der Waals surface area contributed by atoms with Crippen LogP contribution in [0.3, 0.4) is 0 Å². The normalized spacial score (nSPS) is 17.4. The van der Waals surface area contributed by atoms with Crippen LogP contribution >= 0.6 is 11.6 Å². The number of halogens is 2. The fourth-order valence-corrected chi connectivity index (χ4v) is 1.72. The highest BCUT2D eigenvalue weighted by atomic mass is 35.5. The second-order valence-corrected chi connectivity index (χ2v) is 4.57. The zero-order chi connectivity index (χ0) is 12.5. The fraction of sp³-hybridized carbons (Fsp3) is 0.364. The molecule has 4 nitrogen and oxygen atoms in total. The Labute approximate surface area is 103 Å². The monoisotopic (exact) mass is 258 g/mol. The maximum absolute atomic E-state index is 13.3. The summed E-state index contributed by atoms with van der Waals surface area (Å²) < 4.78 is 13.3. The van der Waals surface area contributed by atoms with Gasteiger partial charge in [0, 0.05) is 24.7 Å². The van der Waals surface area contributed by atoms with Gasteiger partial charge in [-0.05, 0) is 18.2 Å². The molecule has 1 heterocycles. The number of hydrogen-bond donors (Lipinski definition) is 3. The van der Waals surface area contributed by atoms with Crippen LogP contribution < -0.4 is 10.6 Å². The topological polar surface area (TPSA) is 61.4 Å². The summed E-state index contributed by atoms with van der Waals surface area (Å²) in [5.41, 5.74) is -1.04. The van der Waals surface area contributed by atoms with E-state index in [-0.39, 0.29) is 12.1 Å². The van der Waals surface area contributed by atoms with Gasteiger partial charge >= 0.3 is 0 Å². The molecule has 0 saturated carbocycles. The molecule has 1 aliphatic rings. The summed E-state index contributed by atoms with van der Waals surface area (Å²) in [4.78, 5) is 11.7. The molecule has 1 saturated heterocycles. The average Bonchev–Trinajstić information content (AvgIpc) is 2.26. The molecule has 1 fully saturated rings. The molecule has 17 heavy (non-hydrogen) atoms. The Hall–Kier alpha value is -1.17. The van der Waals surface area contributed by atoms with Gasteiger partial charge in [0.25, 0.3) is 5.91 Å². The minimum atomic E-state index is -0.926. The van der Waals surface area contributed by atoms with Gasteiger partial charge in [-0.3, -0.25) is 4.79 Å². The third kappa shape index (κ3) is 2.74. The smallest absolute Gasteiger partial charge is 0.254 e. The van der Waals surface area contributed by atoms with Gasteiger partial charge in [0.05, 0.1) is 5.56 Å². The summed E-state index contributed by atoms with van der Waals surface area (Å²) in [6.07, 6.45) is 0. The molecular weight excluding hydrogens is 247 g/mol. The molecular formula is C11H12ClFN2O2. The van der Waals surface area contributed by atoms with Crippen molar-refractivity contribution in [3.8, 4) is 0 Å². The Morgan fingerprint density at radius 3 is 2.88 bits per heavy atom. The Balaban J connectivity index is 2.01. The van der Waals surface area contributed by atoms with E-state index in [9.17, 15) is 14.3 Å². The predicted molar refractivity (Wildman–Crippen MR) is 61.6 cm³/mol. The molecule has 2 rings (SSSR count). The Morgan fingerprint density at radius 1 is 1.59 bits per heavy atom. The van der Waals surface area contributed by atoms with Crippen molar-refractivity contribution in [2.45, 2.75) is 5.60 Å². The van der Waals surface area contributed by atoms with Crippen molar-refractivity contribution >= 4 is 17.5 Å². The van der Waals surface area contributed by atoms with E-state index in [1.807, 2.05) is 0 Å². The van der Waals surface area contributed by atoms with Crippen molar-refractivity contribution in [2.24, 2.45) is 0 Å². The van der Waals surface area contributed by atoms with E-state index in [0.717, 1.165) is 6.07 Å². The third-order valence-electron chi connectivity index (χ3n) is 2.66. The minimum absolute atomic E-state index is 0.0881. The lowest BCUT2D eigenvalue weighted by Crippen LogP contribution is -2.64. The first kappa shape index (κ1) is 12.3. The Morgan fingerprint density at radius 2 is 2.29 bits per heavy atom. The molecule has 0 atom stereocenters. The zero-order valence-corrected chi connectivity index (χ0v) is 9.72. The minimum Gasteiger partial charge on any atom is -0.385 e. The summed E-state index contributed by atoms with van der Waals surface area (Å²) in [7, 11) is 0. The van der Waals surface area contributed by atoms with Crippen LogP contribution in [0, 0.1) is 5.82 Å². The van der Waals surface area contributed by atoms with Gasteiger partial charge in [0.1, 0.15) is 11.4 Å². The number of amides is 1. The number of carbonyl (C=O) groups is 1. The Bertz CT molecular complexity index is 449. The van der Waals surface area contributed by atoms with Gasteiger partial charge in [0.15, 0.2) is 0 Å². The van der Waals surface area contributed by atoms with Crippen molar-refractivity contribution in [1.82, 2.24) is 10.6 Å². The lowest BCUT2D eigenvalue weighted by Gasteiger charge is -2.37. The lowest BCUT2D eigenvalue weighted by molar-refractivity contribution is -0.00763. The number of carbonyl (C=O) groups excluding carboxylic acids is 1. The van der Waals surface area contributed by atoms with Crippen LogP contribution in [-0.4, -0.2) is 36.2 Å². The lowest BCUT2D eigenvalue weighted by atomic mass is 9.97. The van der Waals surface area contributed by atoms with Crippen LogP contribution in [0.15, 0.2) is 18.2 Å². The zero-order valence-electron chi connectivity index (χ0n) is 8.96. The van der Waals surface area contributed by atoms with E-state index in [2.05, 4.69) is 10.6 Å². The van der Waals surface area contributed by atoms with Crippen LogP contribution in [0.2, 0.25) is 5.02 Å². The summed E-state index contributed by atoms with van der Waals surface area (Å²) in [6.45, 7) is 0.932. The van der Waals surface area contributed by atoms with E-state index in [1.54, 1.807) is 0 Å². The molecule has 0 aliphatic carbocycles. The van der Waals surface area contributed by atoms with Crippen LogP contribution in [0.5, 0.6) is 0 Å². The number of β-amino-alcohol motifs (C(OH)–C–C–N with tert-alkyl or cyclic N) is 1. The molecule has 92 valence electrons. The van der Waals surface area contributed by atoms with Crippen molar-refractivity contribution in [1.29, 1.82) is 0 Å².